The Morgan fingerprint density at radius 2 is 2.03 bits per heavy atom. The van der Waals surface area contributed by atoms with Crippen molar-refractivity contribution in [3.63, 3.8) is 0 Å². The minimum atomic E-state index is -0.481. The fourth-order valence-electron chi connectivity index (χ4n) is 2.92. The number of nitrogens with zero attached hydrogens (tertiary/aromatic N) is 6. The van der Waals surface area contributed by atoms with Gasteiger partial charge in [-0.1, -0.05) is 36.0 Å². The van der Waals surface area contributed by atoms with E-state index in [1.54, 1.807) is 11.6 Å². The SMILES string of the molecule is CCOc1ccccc1-n1nnnc1SC(C)/C(O)=C(/C#N)c1nc2ccccc2s1. The molecule has 0 aliphatic carbocycles. The van der Waals surface area contributed by atoms with Crippen LogP contribution in [-0.2, 0) is 0 Å². The highest BCUT2D eigenvalue weighted by Crippen LogP contribution is 2.34. The first-order valence-corrected chi connectivity index (χ1v) is 11.2. The molecule has 0 amide bonds. The Kier molecular flexibility index (Phi) is 6.16. The van der Waals surface area contributed by atoms with E-state index in [1.807, 2.05) is 55.5 Å². The van der Waals surface area contributed by atoms with Gasteiger partial charge in [0.25, 0.3) is 0 Å². The van der Waals surface area contributed by atoms with Crippen LogP contribution in [-0.4, -0.2) is 42.2 Å². The summed E-state index contributed by atoms with van der Waals surface area (Å²) >= 11 is 2.61. The summed E-state index contributed by atoms with van der Waals surface area (Å²) in [6.07, 6.45) is 0. The summed E-state index contributed by atoms with van der Waals surface area (Å²) in [4.78, 5) is 4.49. The van der Waals surface area contributed by atoms with Gasteiger partial charge in [0.15, 0.2) is 0 Å². The summed E-state index contributed by atoms with van der Waals surface area (Å²) in [6, 6.07) is 17.2. The summed E-state index contributed by atoms with van der Waals surface area (Å²) in [5.41, 5.74) is 1.63. The Hall–Kier alpha value is -3.42. The smallest absolute Gasteiger partial charge is 0.214 e. The Labute approximate surface area is 186 Å². The van der Waals surface area contributed by atoms with Crippen molar-refractivity contribution < 1.29 is 9.84 Å². The molecule has 0 aliphatic heterocycles. The van der Waals surface area contributed by atoms with Gasteiger partial charge in [-0.2, -0.15) is 9.94 Å². The number of hydrogen-bond acceptors (Lipinski definition) is 9. The van der Waals surface area contributed by atoms with Gasteiger partial charge >= 0.3 is 0 Å². The van der Waals surface area contributed by atoms with Crippen LogP contribution in [0, 0.1) is 11.3 Å². The summed E-state index contributed by atoms with van der Waals surface area (Å²) in [5.74, 6) is 0.581. The molecule has 2 heterocycles. The highest BCUT2D eigenvalue weighted by atomic mass is 32.2. The molecule has 2 aromatic carbocycles. The first-order chi connectivity index (χ1) is 15.1. The first kappa shape index (κ1) is 20.8. The van der Waals surface area contributed by atoms with Gasteiger partial charge in [0.2, 0.25) is 5.16 Å². The second-order valence-corrected chi connectivity index (χ2v) is 8.73. The second-order valence-electron chi connectivity index (χ2n) is 6.39. The fourth-order valence-corrected chi connectivity index (χ4v) is 4.76. The number of tetrazole rings is 1. The van der Waals surface area contributed by atoms with Crippen LogP contribution in [0.15, 0.2) is 59.4 Å². The molecule has 1 unspecified atom stereocenters. The van der Waals surface area contributed by atoms with E-state index in [1.165, 1.54) is 23.1 Å². The van der Waals surface area contributed by atoms with E-state index in [2.05, 4.69) is 26.6 Å². The number of allylic oxidation sites excluding steroid dienone is 1. The molecular weight excluding hydrogens is 432 g/mol. The van der Waals surface area contributed by atoms with Gasteiger partial charge in [0, 0.05) is 0 Å². The van der Waals surface area contributed by atoms with Crippen LogP contribution in [0.2, 0.25) is 0 Å². The molecule has 0 saturated carbocycles. The first-order valence-electron chi connectivity index (χ1n) is 9.48. The average Bonchev–Trinajstić information content (AvgIpc) is 3.41. The number of rotatable bonds is 7. The van der Waals surface area contributed by atoms with Crippen LogP contribution >= 0.6 is 23.1 Å². The number of fused-ring (bicyclic) bond motifs is 1. The monoisotopic (exact) mass is 450 g/mol. The molecule has 0 saturated heterocycles. The molecule has 31 heavy (non-hydrogen) atoms. The maximum atomic E-state index is 10.9. The van der Waals surface area contributed by atoms with Gasteiger partial charge in [0.05, 0.1) is 22.1 Å². The quantitative estimate of drug-likeness (QED) is 0.246. The van der Waals surface area contributed by atoms with Crippen LogP contribution in [0.3, 0.4) is 0 Å². The molecule has 1 N–H and O–H groups in total. The molecule has 1 atom stereocenters. The van der Waals surface area contributed by atoms with Crippen molar-refractivity contribution in [2.24, 2.45) is 0 Å². The maximum Gasteiger partial charge on any atom is 0.214 e. The van der Waals surface area contributed by atoms with E-state index < -0.39 is 5.25 Å². The van der Waals surface area contributed by atoms with Crippen molar-refractivity contribution in [1.82, 2.24) is 25.2 Å². The zero-order valence-electron chi connectivity index (χ0n) is 16.8. The van der Waals surface area contributed by atoms with Crippen LogP contribution in [0.5, 0.6) is 5.75 Å². The molecule has 156 valence electrons. The van der Waals surface area contributed by atoms with E-state index in [9.17, 15) is 10.4 Å². The maximum absolute atomic E-state index is 10.9. The van der Waals surface area contributed by atoms with Crippen LogP contribution in [0.4, 0.5) is 0 Å². The number of thioether (sulfide) groups is 1. The van der Waals surface area contributed by atoms with Crippen molar-refractivity contribution in [2.75, 3.05) is 6.61 Å². The molecule has 0 spiro atoms. The van der Waals surface area contributed by atoms with E-state index in [0.717, 1.165) is 10.2 Å². The number of aliphatic hydroxyl groups excluding tert-OH is 1. The van der Waals surface area contributed by atoms with Gasteiger partial charge in [-0.25, -0.2) is 4.98 Å². The number of hydrogen-bond donors (Lipinski definition) is 1. The molecule has 0 radical (unpaired) electrons. The number of ether oxygens (including phenoxy) is 1. The number of aromatic nitrogens is 5. The summed E-state index contributed by atoms with van der Waals surface area (Å²) in [7, 11) is 0. The molecule has 2 aromatic heterocycles. The summed E-state index contributed by atoms with van der Waals surface area (Å²) in [5, 5.41) is 33.0. The third-order valence-electron chi connectivity index (χ3n) is 4.38. The normalized spacial score (nSPS) is 12.9. The second kappa shape index (κ2) is 9.16. The molecule has 8 nitrogen and oxygen atoms in total. The van der Waals surface area contributed by atoms with Gasteiger partial charge in [-0.05, 0) is 48.5 Å². The van der Waals surface area contributed by atoms with E-state index >= 15 is 0 Å². The van der Waals surface area contributed by atoms with Crippen LogP contribution in [0.1, 0.15) is 18.9 Å². The molecule has 4 aromatic rings. The largest absolute Gasteiger partial charge is 0.510 e. The lowest BCUT2D eigenvalue weighted by Gasteiger charge is -2.13. The highest BCUT2D eigenvalue weighted by Gasteiger charge is 2.22. The Morgan fingerprint density at radius 3 is 2.81 bits per heavy atom. The molecule has 10 heteroatoms. The van der Waals surface area contributed by atoms with Crippen molar-refractivity contribution >= 4 is 38.9 Å². The summed E-state index contributed by atoms with van der Waals surface area (Å²) < 4.78 is 8.19. The number of nitriles is 1. The Bertz CT molecular complexity index is 1260. The lowest BCUT2D eigenvalue weighted by atomic mass is 10.2. The van der Waals surface area contributed by atoms with Crippen molar-refractivity contribution in [2.45, 2.75) is 24.3 Å². The Morgan fingerprint density at radius 1 is 1.26 bits per heavy atom. The van der Waals surface area contributed by atoms with Gasteiger partial charge < -0.3 is 9.84 Å². The predicted octanol–water partition coefficient (Wildman–Crippen LogP) is 4.64. The zero-order chi connectivity index (χ0) is 21.8. The predicted molar refractivity (Wildman–Crippen MR) is 120 cm³/mol. The standard InChI is InChI=1S/C21H18N6O2S2/c1-3-29-17-10-6-5-9-16(17)27-21(24-25-26-27)30-13(2)19(28)14(12-22)20-23-15-8-4-7-11-18(15)31-20/h4-11,13,28H,3H2,1-2H3/b19-14+. The highest BCUT2D eigenvalue weighted by molar-refractivity contribution is 7.99. The fraction of sp³-hybridized carbons (Fsp3) is 0.190. The van der Waals surface area contributed by atoms with E-state index in [-0.39, 0.29) is 11.3 Å². The summed E-state index contributed by atoms with van der Waals surface area (Å²) in [6.45, 7) is 4.20. The van der Waals surface area contributed by atoms with Crippen LogP contribution < -0.4 is 4.74 Å². The molecule has 0 bridgehead atoms. The number of benzene rings is 2. The lowest BCUT2D eigenvalue weighted by Crippen LogP contribution is -2.08. The molecule has 4 rings (SSSR count). The lowest BCUT2D eigenvalue weighted by molar-refractivity contribution is 0.337. The molecule has 0 fully saturated rings. The Balaban J connectivity index is 1.65. The topological polar surface area (TPSA) is 110 Å². The average molecular weight is 451 g/mol. The third kappa shape index (κ3) is 4.23. The zero-order valence-corrected chi connectivity index (χ0v) is 18.4. The van der Waals surface area contributed by atoms with E-state index in [4.69, 9.17) is 4.74 Å². The van der Waals surface area contributed by atoms with E-state index in [0.29, 0.717) is 28.2 Å². The van der Waals surface area contributed by atoms with Crippen molar-refractivity contribution in [1.29, 1.82) is 5.26 Å². The number of thiazole rings is 1. The molecule has 0 aliphatic rings. The van der Waals surface area contributed by atoms with Crippen molar-refractivity contribution in [3.8, 4) is 17.5 Å². The van der Waals surface area contributed by atoms with Gasteiger partial charge in [-0.3, -0.25) is 0 Å². The number of para-hydroxylation sites is 3. The third-order valence-corrected chi connectivity index (χ3v) is 6.47. The number of aliphatic hydroxyl groups is 1. The minimum absolute atomic E-state index is 0.0702. The molecular formula is C21H18N6O2S2. The van der Waals surface area contributed by atoms with Crippen molar-refractivity contribution in [3.05, 3.63) is 59.3 Å². The minimum Gasteiger partial charge on any atom is -0.510 e. The van der Waals surface area contributed by atoms with Gasteiger partial charge in [0.1, 0.15) is 33.8 Å². The van der Waals surface area contributed by atoms with Gasteiger partial charge in [-0.15, -0.1) is 16.4 Å². The van der Waals surface area contributed by atoms with Crippen LogP contribution in [0.25, 0.3) is 21.5 Å².